The topological polar surface area (TPSA) is 38.8 Å². The summed E-state index contributed by atoms with van der Waals surface area (Å²) in [4.78, 5) is 14.7. The molecule has 4 heteroatoms. The van der Waals surface area contributed by atoms with Crippen LogP contribution in [-0.4, -0.2) is 31.6 Å². The number of nitrogens with zero attached hydrogens (tertiary/aromatic N) is 1. The Labute approximate surface area is 155 Å². The molecule has 1 atom stereocenters. The summed E-state index contributed by atoms with van der Waals surface area (Å²) in [5.74, 6) is 1.38. The standard InChI is InChI=1S/C22H25NO3/c1-16-7-4-5-8-18(16)19-9-6-14-23(19)22(24)13-11-17-10-12-20(25-2)21(15-17)26-3/h4-5,7-8,10-13,15,19H,6,9,14H2,1-3H3. The molecule has 4 nitrogen and oxygen atoms in total. The first-order valence-corrected chi connectivity index (χ1v) is 8.90. The maximum Gasteiger partial charge on any atom is 0.247 e. The van der Waals surface area contributed by atoms with Crippen LogP contribution in [0.5, 0.6) is 11.5 Å². The molecule has 1 aliphatic rings. The molecular weight excluding hydrogens is 326 g/mol. The molecule has 26 heavy (non-hydrogen) atoms. The van der Waals surface area contributed by atoms with E-state index in [-0.39, 0.29) is 11.9 Å². The first-order valence-electron chi connectivity index (χ1n) is 8.90. The second-order valence-electron chi connectivity index (χ2n) is 6.49. The van der Waals surface area contributed by atoms with Gasteiger partial charge in [0.1, 0.15) is 0 Å². The van der Waals surface area contributed by atoms with E-state index in [9.17, 15) is 4.79 Å². The van der Waals surface area contributed by atoms with Crippen molar-refractivity contribution in [3.8, 4) is 11.5 Å². The maximum atomic E-state index is 12.8. The van der Waals surface area contributed by atoms with Gasteiger partial charge < -0.3 is 14.4 Å². The number of amides is 1. The van der Waals surface area contributed by atoms with Crippen LogP contribution in [0.25, 0.3) is 6.08 Å². The molecule has 0 N–H and O–H groups in total. The minimum Gasteiger partial charge on any atom is -0.493 e. The molecule has 0 aromatic heterocycles. The third-order valence-corrected chi connectivity index (χ3v) is 4.91. The van der Waals surface area contributed by atoms with Gasteiger partial charge in [-0.25, -0.2) is 0 Å². The SMILES string of the molecule is COc1ccc(C=CC(=O)N2CCCC2c2ccccc2C)cc1OC. The molecule has 1 unspecified atom stereocenters. The van der Waals surface area contributed by atoms with E-state index in [1.807, 2.05) is 41.3 Å². The van der Waals surface area contributed by atoms with Crippen LogP contribution in [0.3, 0.4) is 0 Å². The number of ether oxygens (including phenoxy) is 2. The smallest absolute Gasteiger partial charge is 0.247 e. The highest BCUT2D eigenvalue weighted by atomic mass is 16.5. The highest BCUT2D eigenvalue weighted by Crippen LogP contribution is 2.34. The fraction of sp³-hybridized carbons (Fsp3) is 0.318. The Balaban J connectivity index is 1.77. The van der Waals surface area contributed by atoms with Gasteiger partial charge in [0.05, 0.1) is 20.3 Å². The molecule has 0 saturated carbocycles. The van der Waals surface area contributed by atoms with Crippen molar-refractivity contribution in [3.63, 3.8) is 0 Å². The predicted octanol–water partition coefficient (Wildman–Crippen LogP) is 4.39. The van der Waals surface area contributed by atoms with E-state index in [0.717, 1.165) is 24.9 Å². The summed E-state index contributed by atoms with van der Waals surface area (Å²) in [6, 6.07) is 14.1. The van der Waals surface area contributed by atoms with E-state index in [4.69, 9.17) is 9.47 Å². The lowest BCUT2D eigenvalue weighted by atomic mass is 9.99. The minimum atomic E-state index is 0.0468. The lowest BCUT2D eigenvalue weighted by molar-refractivity contribution is -0.126. The summed E-state index contributed by atoms with van der Waals surface area (Å²) < 4.78 is 10.6. The average molecular weight is 351 g/mol. The second-order valence-corrected chi connectivity index (χ2v) is 6.49. The van der Waals surface area contributed by atoms with Gasteiger partial charge in [-0.15, -0.1) is 0 Å². The average Bonchev–Trinajstić information content (AvgIpc) is 3.15. The van der Waals surface area contributed by atoms with E-state index in [2.05, 4.69) is 19.1 Å². The lowest BCUT2D eigenvalue weighted by Gasteiger charge is -2.25. The molecule has 0 spiro atoms. The number of aryl methyl sites for hydroxylation is 1. The molecule has 136 valence electrons. The molecule has 1 heterocycles. The highest BCUT2D eigenvalue weighted by Gasteiger charge is 2.29. The van der Waals surface area contributed by atoms with E-state index < -0.39 is 0 Å². The molecule has 2 aromatic carbocycles. The van der Waals surface area contributed by atoms with Crippen molar-refractivity contribution in [2.24, 2.45) is 0 Å². The first-order chi connectivity index (χ1) is 12.6. The predicted molar refractivity (Wildman–Crippen MR) is 103 cm³/mol. The number of methoxy groups -OCH3 is 2. The Kier molecular flexibility index (Phi) is 5.61. The molecule has 1 saturated heterocycles. The third kappa shape index (κ3) is 3.74. The van der Waals surface area contributed by atoms with Crippen molar-refractivity contribution in [3.05, 3.63) is 65.2 Å². The van der Waals surface area contributed by atoms with Crippen LogP contribution < -0.4 is 9.47 Å². The fourth-order valence-corrected chi connectivity index (χ4v) is 3.53. The third-order valence-electron chi connectivity index (χ3n) is 4.91. The Morgan fingerprint density at radius 1 is 1.12 bits per heavy atom. The summed E-state index contributed by atoms with van der Waals surface area (Å²) in [5, 5.41) is 0. The van der Waals surface area contributed by atoms with Gasteiger partial charge in [0.25, 0.3) is 0 Å². The van der Waals surface area contributed by atoms with Crippen LogP contribution in [0, 0.1) is 6.92 Å². The van der Waals surface area contributed by atoms with E-state index in [0.29, 0.717) is 11.5 Å². The summed E-state index contributed by atoms with van der Waals surface area (Å²) in [5.41, 5.74) is 3.39. The molecule has 1 aliphatic heterocycles. The zero-order chi connectivity index (χ0) is 18.5. The number of carbonyl (C=O) groups excluding carboxylic acids is 1. The van der Waals surface area contributed by atoms with Gasteiger partial charge in [-0.3, -0.25) is 4.79 Å². The molecule has 0 radical (unpaired) electrons. The molecular formula is C22H25NO3. The fourth-order valence-electron chi connectivity index (χ4n) is 3.53. The van der Waals surface area contributed by atoms with Crippen molar-refractivity contribution in [2.45, 2.75) is 25.8 Å². The van der Waals surface area contributed by atoms with Gasteiger partial charge in [0.2, 0.25) is 5.91 Å². The molecule has 1 amide bonds. The van der Waals surface area contributed by atoms with Crippen LogP contribution in [0.1, 0.15) is 35.6 Å². The highest BCUT2D eigenvalue weighted by molar-refractivity contribution is 5.92. The van der Waals surface area contributed by atoms with Crippen molar-refractivity contribution < 1.29 is 14.3 Å². The Morgan fingerprint density at radius 3 is 2.62 bits per heavy atom. The molecule has 1 fully saturated rings. The van der Waals surface area contributed by atoms with Crippen molar-refractivity contribution >= 4 is 12.0 Å². The van der Waals surface area contributed by atoms with E-state index >= 15 is 0 Å². The summed E-state index contributed by atoms with van der Waals surface area (Å²) in [6.45, 7) is 2.91. The second kappa shape index (κ2) is 8.09. The first kappa shape index (κ1) is 18.1. The number of rotatable bonds is 5. The Morgan fingerprint density at radius 2 is 1.88 bits per heavy atom. The van der Waals surface area contributed by atoms with Crippen molar-refractivity contribution in [2.75, 3.05) is 20.8 Å². The molecule has 0 aliphatic carbocycles. The Hall–Kier alpha value is -2.75. The minimum absolute atomic E-state index is 0.0468. The van der Waals surface area contributed by atoms with E-state index in [1.165, 1.54) is 11.1 Å². The van der Waals surface area contributed by atoms with Crippen molar-refractivity contribution in [1.82, 2.24) is 4.90 Å². The quantitative estimate of drug-likeness (QED) is 0.750. The summed E-state index contributed by atoms with van der Waals surface area (Å²) in [7, 11) is 3.21. The molecule has 2 aromatic rings. The van der Waals surface area contributed by atoms with Crippen LogP contribution >= 0.6 is 0 Å². The maximum absolute atomic E-state index is 12.8. The molecule has 3 rings (SSSR count). The van der Waals surface area contributed by atoms with Gasteiger partial charge in [0.15, 0.2) is 11.5 Å². The van der Waals surface area contributed by atoms with Crippen molar-refractivity contribution in [1.29, 1.82) is 0 Å². The van der Waals surface area contributed by atoms with Gasteiger partial charge in [0, 0.05) is 12.6 Å². The number of hydrogen-bond donors (Lipinski definition) is 0. The van der Waals surface area contributed by atoms with E-state index in [1.54, 1.807) is 20.3 Å². The summed E-state index contributed by atoms with van der Waals surface area (Å²) >= 11 is 0. The number of hydrogen-bond acceptors (Lipinski definition) is 3. The van der Waals surface area contributed by atoms with Crippen LogP contribution in [0.15, 0.2) is 48.5 Å². The van der Waals surface area contributed by atoms with Gasteiger partial charge >= 0.3 is 0 Å². The monoisotopic (exact) mass is 351 g/mol. The van der Waals surface area contributed by atoms with Gasteiger partial charge in [-0.05, 0) is 54.7 Å². The van der Waals surface area contributed by atoms with Crippen LogP contribution in [0.2, 0.25) is 0 Å². The largest absolute Gasteiger partial charge is 0.493 e. The van der Waals surface area contributed by atoms with Crippen LogP contribution in [-0.2, 0) is 4.79 Å². The van der Waals surface area contributed by atoms with Gasteiger partial charge in [-0.2, -0.15) is 0 Å². The Bertz CT molecular complexity index is 813. The van der Waals surface area contributed by atoms with Crippen LogP contribution in [0.4, 0.5) is 0 Å². The zero-order valence-electron chi connectivity index (χ0n) is 15.6. The molecule has 0 bridgehead atoms. The summed E-state index contributed by atoms with van der Waals surface area (Å²) in [6.07, 6.45) is 5.53. The lowest BCUT2D eigenvalue weighted by Crippen LogP contribution is -2.29. The zero-order valence-corrected chi connectivity index (χ0v) is 15.6. The number of carbonyl (C=O) groups is 1. The normalized spacial score (nSPS) is 16.9. The number of likely N-dealkylation sites (tertiary alicyclic amines) is 1. The number of benzene rings is 2. The van der Waals surface area contributed by atoms with Gasteiger partial charge in [-0.1, -0.05) is 30.3 Å².